The molecule has 2 heteroatoms. The summed E-state index contributed by atoms with van der Waals surface area (Å²) in [5.41, 5.74) is 5.49. The first kappa shape index (κ1) is 14.5. The van der Waals surface area contributed by atoms with Gasteiger partial charge in [-0.15, -0.1) is 0 Å². The fourth-order valence-corrected chi connectivity index (χ4v) is 3.30. The summed E-state index contributed by atoms with van der Waals surface area (Å²) in [6, 6.07) is 4.50. The molecule has 2 N–H and O–H groups in total. The van der Waals surface area contributed by atoms with Gasteiger partial charge in [-0.3, -0.25) is 0 Å². The van der Waals surface area contributed by atoms with Crippen molar-refractivity contribution in [2.75, 3.05) is 6.54 Å². The monoisotopic (exact) mass is 261 g/mol. The SMILES string of the molecule is Cc1cc(C)c(CNCC2CCCCC2O)c(C)c1. The lowest BCUT2D eigenvalue weighted by Crippen LogP contribution is -2.33. The molecule has 2 atom stereocenters. The molecule has 19 heavy (non-hydrogen) atoms. The Morgan fingerprint density at radius 2 is 1.74 bits per heavy atom. The number of hydrogen-bond acceptors (Lipinski definition) is 2. The predicted molar refractivity (Wildman–Crippen MR) is 80.3 cm³/mol. The molecule has 0 aromatic heterocycles. The maximum atomic E-state index is 9.97. The van der Waals surface area contributed by atoms with Crippen molar-refractivity contribution in [1.82, 2.24) is 5.32 Å². The highest BCUT2D eigenvalue weighted by Gasteiger charge is 2.22. The lowest BCUT2D eigenvalue weighted by Gasteiger charge is -2.28. The first-order valence-electron chi connectivity index (χ1n) is 7.53. The molecule has 1 fully saturated rings. The molecule has 106 valence electrons. The Morgan fingerprint density at radius 1 is 1.11 bits per heavy atom. The van der Waals surface area contributed by atoms with Crippen LogP contribution in [0.2, 0.25) is 0 Å². The van der Waals surface area contributed by atoms with Crippen LogP contribution in [0, 0.1) is 26.7 Å². The molecule has 0 radical (unpaired) electrons. The fraction of sp³-hybridized carbons (Fsp3) is 0.647. The zero-order valence-electron chi connectivity index (χ0n) is 12.5. The van der Waals surface area contributed by atoms with Gasteiger partial charge in [-0.25, -0.2) is 0 Å². The quantitative estimate of drug-likeness (QED) is 0.872. The number of rotatable bonds is 4. The van der Waals surface area contributed by atoms with Crippen LogP contribution in [0.5, 0.6) is 0 Å². The van der Waals surface area contributed by atoms with E-state index in [1.165, 1.54) is 41.5 Å². The van der Waals surface area contributed by atoms with Crippen molar-refractivity contribution in [2.24, 2.45) is 5.92 Å². The molecule has 0 aliphatic heterocycles. The van der Waals surface area contributed by atoms with Crippen LogP contribution in [0.15, 0.2) is 12.1 Å². The van der Waals surface area contributed by atoms with Gasteiger partial charge in [0.05, 0.1) is 6.10 Å². The summed E-state index contributed by atoms with van der Waals surface area (Å²) in [5.74, 6) is 0.444. The number of benzene rings is 1. The number of aliphatic hydroxyl groups is 1. The van der Waals surface area contributed by atoms with Crippen LogP contribution in [-0.4, -0.2) is 17.8 Å². The van der Waals surface area contributed by atoms with Crippen LogP contribution >= 0.6 is 0 Å². The van der Waals surface area contributed by atoms with Crippen molar-refractivity contribution in [3.63, 3.8) is 0 Å². The van der Waals surface area contributed by atoms with Gasteiger partial charge in [-0.2, -0.15) is 0 Å². The lowest BCUT2D eigenvalue weighted by molar-refractivity contribution is 0.0695. The van der Waals surface area contributed by atoms with Crippen molar-refractivity contribution >= 4 is 0 Å². The maximum absolute atomic E-state index is 9.97. The molecule has 2 rings (SSSR count). The van der Waals surface area contributed by atoms with Gasteiger partial charge < -0.3 is 10.4 Å². The molecular formula is C17H27NO. The Labute approximate surface area is 117 Å². The lowest BCUT2D eigenvalue weighted by atomic mass is 9.86. The highest BCUT2D eigenvalue weighted by Crippen LogP contribution is 2.24. The van der Waals surface area contributed by atoms with Crippen LogP contribution in [0.4, 0.5) is 0 Å². The van der Waals surface area contributed by atoms with Crippen molar-refractivity contribution in [1.29, 1.82) is 0 Å². The van der Waals surface area contributed by atoms with Gasteiger partial charge in [-0.05, 0) is 56.2 Å². The molecular weight excluding hydrogens is 234 g/mol. The summed E-state index contributed by atoms with van der Waals surface area (Å²) in [7, 11) is 0. The first-order chi connectivity index (χ1) is 9.08. The van der Waals surface area contributed by atoms with E-state index in [4.69, 9.17) is 0 Å². The van der Waals surface area contributed by atoms with Crippen molar-refractivity contribution in [3.8, 4) is 0 Å². The molecule has 0 amide bonds. The normalized spacial score (nSPS) is 23.6. The van der Waals surface area contributed by atoms with Gasteiger partial charge in [0.15, 0.2) is 0 Å². The van der Waals surface area contributed by atoms with Crippen LogP contribution in [0.3, 0.4) is 0 Å². The number of aryl methyl sites for hydroxylation is 3. The summed E-state index contributed by atoms with van der Waals surface area (Å²) in [6.07, 6.45) is 4.51. The van der Waals surface area contributed by atoms with Crippen molar-refractivity contribution in [3.05, 3.63) is 34.4 Å². The summed E-state index contributed by atoms with van der Waals surface area (Å²) in [6.45, 7) is 8.38. The van der Waals surface area contributed by atoms with E-state index >= 15 is 0 Å². The minimum atomic E-state index is -0.0959. The van der Waals surface area contributed by atoms with Crippen LogP contribution in [0.25, 0.3) is 0 Å². The van der Waals surface area contributed by atoms with Crippen LogP contribution in [0.1, 0.15) is 47.9 Å². The Hall–Kier alpha value is -0.860. The molecule has 2 unspecified atom stereocenters. The average Bonchev–Trinajstić information content (AvgIpc) is 2.34. The van der Waals surface area contributed by atoms with E-state index in [1.807, 2.05) is 0 Å². The van der Waals surface area contributed by atoms with E-state index in [9.17, 15) is 5.11 Å². The number of nitrogens with one attached hydrogen (secondary N) is 1. The summed E-state index contributed by atoms with van der Waals surface area (Å²) >= 11 is 0. The Balaban J connectivity index is 1.89. The van der Waals surface area contributed by atoms with Crippen LogP contribution in [-0.2, 0) is 6.54 Å². The molecule has 0 saturated heterocycles. The largest absolute Gasteiger partial charge is 0.393 e. The fourth-order valence-electron chi connectivity index (χ4n) is 3.30. The van der Waals surface area contributed by atoms with E-state index in [0.717, 1.165) is 19.5 Å². The van der Waals surface area contributed by atoms with Gasteiger partial charge >= 0.3 is 0 Å². The third kappa shape index (κ3) is 3.80. The van der Waals surface area contributed by atoms with E-state index < -0.39 is 0 Å². The Morgan fingerprint density at radius 3 is 2.37 bits per heavy atom. The molecule has 1 aliphatic rings. The maximum Gasteiger partial charge on any atom is 0.0580 e. The second-order valence-electron chi connectivity index (χ2n) is 6.12. The summed E-state index contributed by atoms with van der Waals surface area (Å²) < 4.78 is 0. The molecule has 0 heterocycles. The topological polar surface area (TPSA) is 32.3 Å². The van der Waals surface area contributed by atoms with Crippen molar-refractivity contribution < 1.29 is 5.11 Å². The molecule has 1 aromatic rings. The van der Waals surface area contributed by atoms with Gasteiger partial charge in [0.2, 0.25) is 0 Å². The second kappa shape index (κ2) is 6.53. The number of aliphatic hydroxyl groups excluding tert-OH is 1. The highest BCUT2D eigenvalue weighted by molar-refractivity contribution is 5.37. The molecule has 1 aliphatic carbocycles. The molecule has 1 aromatic carbocycles. The molecule has 0 bridgehead atoms. The zero-order valence-corrected chi connectivity index (χ0v) is 12.5. The summed E-state index contributed by atoms with van der Waals surface area (Å²) in [5, 5.41) is 13.5. The molecule has 2 nitrogen and oxygen atoms in total. The van der Waals surface area contributed by atoms with Gasteiger partial charge in [0, 0.05) is 13.1 Å². The van der Waals surface area contributed by atoms with Crippen LogP contribution < -0.4 is 5.32 Å². The predicted octanol–water partition coefficient (Wildman–Crippen LogP) is 3.25. The van der Waals surface area contributed by atoms with E-state index in [0.29, 0.717) is 5.92 Å². The first-order valence-corrected chi connectivity index (χ1v) is 7.53. The number of hydrogen-bond donors (Lipinski definition) is 2. The second-order valence-corrected chi connectivity index (χ2v) is 6.12. The van der Waals surface area contributed by atoms with E-state index in [-0.39, 0.29) is 6.10 Å². The minimum Gasteiger partial charge on any atom is -0.393 e. The standard InChI is InChI=1S/C17H27NO/c1-12-8-13(2)16(14(3)9-12)11-18-10-15-6-4-5-7-17(15)19/h8-9,15,17-19H,4-7,10-11H2,1-3H3. The van der Waals surface area contributed by atoms with Gasteiger partial charge in [0.1, 0.15) is 0 Å². The zero-order chi connectivity index (χ0) is 13.8. The van der Waals surface area contributed by atoms with E-state index in [1.54, 1.807) is 0 Å². The third-order valence-electron chi connectivity index (χ3n) is 4.42. The van der Waals surface area contributed by atoms with Gasteiger partial charge in [-0.1, -0.05) is 30.5 Å². The smallest absolute Gasteiger partial charge is 0.0580 e. The Kier molecular flexibility index (Phi) is 5.00. The van der Waals surface area contributed by atoms with Crippen molar-refractivity contribution in [2.45, 2.75) is 59.1 Å². The highest BCUT2D eigenvalue weighted by atomic mass is 16.3. The molecule has 1 saturated carbocycles. The third-order valence-corrected chi connectivity index (χ3v) is 4.42. The minimum absolute atomic E-state index is 0.0959. The summed E-state index contributed by atoms with van der Waals surface area (Å²) in [4.78, 5) is 0. The average molecular weight is 261 g/mol. The van der Waals surface area contributed by atoms with E-state index in [2.05, 4.69) is 38.2 Å². The van der Waals surface area contributed by atoms with Gasteiger partial charge in [0.25, 0.3) is 0 Å². The Bertz CT molecular complexity index is 404. The molecule has 0 spiro atoms.